The van der Waals surface area contributed by atoms with Gasteiger partial charge < -0.3 is 37.0 Å². The molecule has 2 aromatic carbocycles. The first-order chi connectivity index (χ1) is 15.5. The predicted molar refractivity (Wildman–Crippen MR) is 120 cm³/mol. The van der Waals surface area contributed by atoms with Gasteiger partial charge in [0.25, 0.3) is 11.4 Å². The van der Waals surface area contributed by atoms with E-state index >= 15 is 0 Å². The van der Waals surface area contributed by atoms with Crippen LogP contribution in [0.4, 0.5) is 11.4 Å². The Hall–Kier alpha value is -2.99. The highest BCUT2D eigenvalue weighted by molar-refractivity contribution is 5.36. The van der Waals surface area contributed by atoms with Gasteiger partial charge in [0.15, 0.2) is 0 Å². The molecular formula is C22H30ClN3O8. The average molecular weight is 500 g/mol. The second kappa shape index (κ2) is 13.0. The maximum atomic E-state index is 10.7. The molecule has 2 atom stereocenters. The van der Waals surface area contributed by atoms with Crippen LogP contribution in [0, 0.1) is 20.2 Å². The summed E-state index contributed by atoms with van der Waals surface area (Å²) >= 11 is 0. The number of ether oxygens (including phenoxy) is 2. The van der Waals surface area contributed by atoms with E-state index in [9.17, 15) is 30.4 Å². The molecule has 3 N–H and O–H groups in total. The van der Waals surface area contributed by atoms with Gasteiger partial charge in [-0.05, 0) is 45.0 Å². The summed E-state index contributed by atoms with van der Waals surface area (Å²) in [5.74, 6) is 0.821. The Bertz CT molecular complexity index is 850. The van der Waals surface area contributed by atoms with E-state index in [1.54, 1.807) is 0 Å². The number of nitrogens with one attached hydrogen (secondary N) is 1. The molecule has 0 fully saturated rings. The number of nitro groups is 2. The zero-order valence-electron chi connectivity index (χ0n) is 19.2. The minimum atomic E-state index is -0.836. The van der Waals surface area contributed by atoms with Crippen molar-refractivity contribution in [3.63, 3.8) is 0 Å². The number of benzene rings is 2. The molecule has 11 nitrogen and oxygen atoms in total. The van der Waals surface area contributed by atoms with Gasteiger partial charge >= 0.3 is 0 Å². The van der Waals surface area contributed by atoms with Crippen LogP contribution in [0.3, 0.4) is 0 Å². The molecule has 12 heteroatoms. The maximum absolute atomic E-state index is 10.7. The summed E-state index contributed by atoms with van der Waals surface area (Å²) in [5.41, 5.74) is -0.379. The Morgan fingerprint density at radius 3 is 1.38 bits per heavy atom. The number of hydrogen-bond acceptors (Lipinski definition) is 8. The first-order valence-corrected chi connectivity index (χ1v) is 10.4. The number of aliphatic hydroxyl groups is 2. The number of halogens is 1. The fraction of sp³-hybridized carbons (Fsp3) is 0.455. The molecule has 0 aromatic heterocycles. The standard InChI is InChI=1S/C22H29N3O8.ClH/c1-22(2,3)23(12-18(26)14-32-20-8-4-16(5-9-20)24(28)29)13-19(27)15-33-21-10-6-17(7-11-21)25(30)31;/h4-11,18-19,26-27H,12-15H2,1-3H3;1H. The van der Waals surface area contributed by atoms with E-state index in [2.05, 4.69) is 0 Å². The van der Waals surface area contributed by atoms with Crippen molar-refractivity contribution in [2.45, 2.75) is 38.5 Å². The lowest BCUT2D eigenvalue weighted by Gasteiger charge is -2.35. The number of aliphatic hydroxyl groups excluding tert-OH is 2. The minimum absolute atomic E-state index is 0. The first kappa shape index (κ1) is 29.0. The highest BCUT2D eigenvalue weighted by Crippen LogP contribution is 2.18. The lowest BCUT2D eigenvalue weighted by Crippen LogP contribution is -3.20. The summed E-state index contributed by atoms with van der Waals surface area (Å²) in [6.45, 7) is 6.53. The quantitative estimate of drug-likeness (QED) is 0.233. The topological polar surface area (TPSA) is 150 Å². The highest BCUT2D eigenvalue weighted by Gasteiger charge is 2.30. The zero-order chi connectivity index (χ0) is 24.6. The van der Waals surface area contributed by atoms with Gasteiger partial charge in [-0.25, -0.2) is 0 Å². The van der Waals surface area contributed by atoms with Gasteiger partial charge in [0.05, 0.1) is 15.4 Å². The van der Waals surface area contributed by atoms with Crippen LogP contribution in [-0.2, 0) is 0 Å². The predicted octanol–water partition coefficient (Wildman–Crippen LogP) is -1.63. The Morgan fingerprint density at radius 1 is 0.794 bits per heavy atom. The first-order valence-electron chi connectivity index (χ1n) is 10.4. The van der Waals surface area contributed by atoms with Crippen LogP contribution in [0.15, 0.2) is 48.5 Å². The summed E-state index contributed by atoms with van der Waals surface area (Å²) in [7, 11) is 0. The smallest absolute Gasteiger partial charge is 0.269 e. The number of nitro benzene ring substituents is 2. The number of non-ortho nitro benzene ring substituents is 2. The van der Waals surface area contributed by atoms with Crippen molar-refractivity contribution < 1.29 is 46.8 Å². The van der Waals surface area contributed by atoms with Crippen LogP contribution in [0.1, 0.15) is 20.8 Å². The largest absolute Gasteiger partial charge is 1.00 e. The molecule has 0 heterocycles. The van der Waals surface area contributed by atoms with Crippen LogP contribution in [0.2, 0.25) is 0 Å². The molecule has 188 valence electrons. The molecule has 34 heavy (non-hydrogen) atoms. The third-order valence-electron chi connectivity index (χ3n) is 5.00. The maximum Gasteiger partial charge on any atom is 0.269 e. The summed E-state index contributed by atoms with van der Waals surface area (Å²) in [6.07, 6.45) is -1.67. The molecule has 2 unspecified atom stereocenters. The zero-order valence-corrected chi connectivity index (χ0v) is 20.0. The molecule has 0 radical (unpaired) electrons. The number of quaternary nitrogens is 1. The van der Waals surface area contributed by atoms with Crippen molar-refractivity contribution in [1.29, 1.82) is 0 Å². The molecule has 0 aliphatic heterocycles. The Balaban J connectivity index is 0.00000578. The van der Waals surface area contributed by atoms with Crippen molar-refractivity contribution in [3.05, 3.63) is 68.8 Å². The molecule has 0 spiro atoms. The van der Waals surface area contributed by atoms with Gasteiger partial charge in [0, 0.05) is 24.3 Å². The van der Waals surface area contributed by atoms with E-state index in [-0.39, 0.29) is 42.5 Å². The van der Waals surface area contributed by atoms with Gasteiger partial charge in [-0.3, -0.25) is 20.2 Å². The lowest BCUT2D eigenvalue weighted by atomic mass is 10.0. The molecule has 0 aliphatic rings. The Morgan fingerprint density at radius 2 is 1.12 bits per heavy atom. The molecule has 2 aromatic rings. The van der Waals surface area contributed by atoms with E-state index in [0.717, 1.165) is 4.90 Å². The van der Waals surface area contributed by atoms with Crippen LogP contribution < -0.4 is 26.8 Å². The molecule has 2 rings (SSSR count). The fourth-order valence-corrected chi connectivity index (χ4v) is 3.10. The average Bonchev–Trinajstić information content (AvgIpc) is 2.75. The van der Waals surface area contributed by atoms with Gasteiger partial charge in [0.2, 0.25) is 0 Å². The molecule has 0 amide bonds. The summed E-state index contributed by atoms with van der Waals surface area (Å²) in [5, 5.41) is 42.3. The molecule has 0 bridgehead atoms. The van der Waals surface area contributed by atoms with Crippen molar-refractivity contribution in [1.82, 2.24) is 0 Å². The molecule has 0 saturated heterocycles. The van der Waals surface area contributed by atoms with Crippen molar-refractivity contribution in [2.24, 2.45) is 0 Å². The Labute approximate surface area is 203 Å². The molecular weight excluding hydrogens is 470 g/mol. The van der Waals surface area contributed by atoms with E-state index in [0.29, 0.717) is 24.6 Å². The lowest BCUT2D eigenvalue weighted by molar-refractivity contribution is -0.952. The second-order valence-corrected chi connectivity index (χ2v) is 8.69. The fourth-order valence-electron chi connectivity index (χ4n) is 3.10. The number of rotatable bonds is 12. The number of hydrogen-bond donors (Lipinski definition) is 3. The molecule has 0 saturated carbocycles. The van der Waals surface area contributed by atoms with Gasteiger partial charge in [0.1, 0.15) is 50.0 Å². The van der Waals surface area contributed by atoms with E-state index < -0.39 is 22.1 Å². The van der Waals surface area contributed by atoms with E-state index in [1.165, 1.54) is 48.5 Å². The third-order valence-corrected chi connectivity index (χ3v) is 5.00. The van der Waals surface area contributed by atoms with Crippen LogP contribution in [0.5, 0.6) is 11.5 Å². The summed E-state index contributed by atoms with van der Waals surface area (Å²) in [4.78, 5) is 21.3. The molecule has 0 aliphatic carbocycles. The van der Waals surface area contributed by atoms with E-state index in [4.69, 9.17) is 9.47 Å². The van der Waals surface area contributed by atoms with Gasteiger partial charge in [-0.1, -0.05) is 0 Å². The summed E-state index contributed by atoms with van der Waals surface area (Å²) < 4.78 is 11.1. The van der Waals surface area contributed by atoms with Gasteiger partial charge in [-0.2, -0.15) is 0 Å². The van der Waals surface area contributed by atoms with Crippen LogP contribution >= 0.6 is 0 Å². The SMILES string of the molecule is CC(C)(C)[NH+](CC(O)COc1ccc([N+](=O)[O-])cc1)CC(O)COc1ccc([N+](=O)[O-])cc1.[Cl-]. The van der Waals surface area contributed by atoms with Gasteiger partial charge in [-0.15, -0.1) is 0 Å². The second-order valence-electron chi connectivity index (χ2n) is 8.69. The van der Waals surface area contributed by atoms with Crippen molar-refractivity contribution in [2.75, 3.05) is 26.3 Å². The summed E-state index contributed by atoms with van der Waals surface area (Å²) in [6, 6.07) is 11.2. The normalized spacial score (nSPS) is 13.8. The highest BCUT2D eigenvalue weighted by atomic mass is 35.5. The van der Waals surface area contributed by atoms with Crippen molar-refractivity contribution in [3.8, 4) is 11.5 Å². The number of nitrogens with zero attached hydrogens (tertiary/aromatic N) is 2. The minimum Gasteiger partial charge on any atom is -1.00 e. The third kappa shape index (κ3) is 9.48. The van der Waals surface area contributed by atoms with E-state index in [1.807, 2.05) is 20.8 Å². The van der Waals surface area contributed by atoms with Crippen molar-refractivity contribution >= 4 is 11.4 Å². The van der Waals surface area contributed by atoms with Crippen LogP contribution in [0.25, 0.3) is 0 Å². The Kier molecular flexibility index (Phi) is 11.1. The van der Waals surface area contributed by atoms with Crippen LogP contribution in [-0.4, -0.2) is 64.1 Å². The monoisotopic (exact) mass is 499 g/mol.